The van der Waals surface area contributed by atoms with E-state index in [1.807, 2.05) is 31.4 Å². The number of hydrogen-bond donors (Lipinski definition) is 1. The lowest BCUT2D eigenvalue weighted by molar-refractivity contribution is 0.0607. The molecule has 0 bridgehead atoms. The fourth-order valence-corrected chi connectivity index (χ4v) is 3.43. The number of ether oxygens (including phenoxy) is 1. The first-order valence-electron chi connectivity index (χ1n) is 5.75. The topological polar surface area (TPSA) is 50.7 Å². The molecule has 2 rings (SSSR count). The second kappa shape index (κ2) is 6.39. The lowest BCUT2D eigenvalue weighted by atomic mass is 10.3. The van der Waals surface area contributed by atoms with Crippen LogP contribution in [0.5, 0.6) is 0 Å². The van der Waals surface area contributed by atoms with Crippen LogP contribution in [0, 0.1) is 6.92 Å². The van der Waals surface area contributed by atoms with Crippen LogP contribution in [-0.2, 0) is 4.74 Å². The van der Waals surface area contributed by atoms with Gasteiger partial charge in [0, 0.05) is 0 Å². The van der Waals surface area contributed by atoms with Gasteiger partial charge in [0.2, 0.25) is 0 Å². The average Bonchev–Trinajstić information content (AvgIpc) is 3.02. The van der Waals surface area contributed by atoms with Crippen molar-refractivity contribution >= 4 is 51.6 Å². The van der Waals surface area contributed by atoms with Crippen molar-refractivity contribution in [2.75, 3.05) is 12.5 Å². The number of halogens is 1. The maximum Gasteiger partial charge on any atom is 0.350 e. The second-order valence-electron chi connectivity index (χ2n) is 4.03. The molecule has 2 aromatic heterocycles. The predicted octanol–water partition coefficient (Wildman–Crippen LogP) is 4.39. The summed E-state index contributed by atoms with van der Waals surface area (Å²) in [7, 11) is 1.36. The Morgan fingerprint density at radius 1 is 1.45 bits per heavy atom. The van der Waals surface area contributed by atoms with Gasteiger partial charge in [0.15, 0.2) is 0 Å². The molecule has 0 fully saturated rings. The number of rotatable bonds is 4. The van der Waals surface area contributed by atoms with Crippen LogP contribution in [0.15, 0.2) is 22.6 Å². The van der Waals surface area contributed by atoms with E-state index in [-0.39, 0.29) is 5.97 Å². The van der Waals surface area contributed by atoms with Crippen LogP contribution in [0.2, 0.25) is 4.34 Å². The molecule has 2 heterocycles. The molecule has 20 heavy (non-hydrogen) atoms. The Hall–Kier alpha value is -1.37. The molecular formula is C13H13ClN2O2S2. The van der Waals surface area contributed by atoms with Crippen LogP contribution in [0.4, 0.5) is 5.69 Å². The molecule has 0 aliphatic heterocycles. The van der Waals surface area contributed by atoms with Gasteiger partial charge in [0.05, 0.1) is 27.7 Å². The van der Waals surface area contributed by atoms with Crippen molar-refractivity contribution in [2.24, 2.45) is 5.10 Å². The zero-order chi connectivity index (χ0) is 14.7. The number of anilines is 1. The number of methoxy groups -OCH3 is 1. The molecule has 1 N–H and O–H groups in total. The molecule has 0 atom stereocenters. The number of carbonyl (C=O) groups excluding carboxylic acids is 1. The summed E-state index contributed by atoms with van der Waals surface area (Å²) in [6.07, 6.45) is 0. The van der Waals surface area contributed by atoms with E-state index >= 15 is 0 Å². The minimum atomic E-state index is -0.363. The van der Waals surface area contributed by atoms with E-state index in [1.54, 1.807) is 0 Å². The van der Waals surface area contributed by atoms with Gasteiger partial charge in [-0.15, -0.1) is 22.7 Å². The number of hydrazone groups is 1. The van der Waals surface area contributed by atoms with Crippen LogP contribution in [0.3, 0.4) is 0 Å². The van der Waals surface area contributed by atoms with Crippen molar-refractivity contribution in [1.82, 2.24) is 0 Å². The molecular weight excluding hydrogens is 316 g/mol. The van der Waals surface area contributed by atoms with Gasteiger partial charge in [-0.2, -0.15) is 5.10 Å². The first-order chi connectivity index (χ1) is 9.52. The maximum atomic E-state index is 11.6. The Labute approximate surface area is 130 Å². The van der Waals surface area contributed by atoms with E-state index in [2.05, 4.69) is 10.5 Å². The minimum Gasteiger partial charge on any atom is -0.465 e. The van der Waals surface area contributed by atoms with Crippen LogP contribution >= 0.6 is 34.3 Å². The van der Waals surface area contributed by atoms with Gasteiger partial charge in [-0.3, -0.25) is 5.43 Å². The molecule has 0 aliphatic rings. The lowest BCUT2D eigenvalue weighted by Gasteiger charge is -2.04. The smallest absolute Gasteiger partial charge is 0.350 e. The van der Waals surface area contributed by atoms with Gasteiger partial charge in [0.25, 0.3) is 0 Å². The van der Waals surface area contributed by atoms with Crippen molar-refractivity contribution in [1.29, 1.82) is 0 Å². The van der Waals surface area contributed by atoms with Crippen molar-refractivity contribution in [3.63, 3.8) is 0 Å². The van der Waals surface area contributed by atoms with E-state index in [0.717, 1.165) is 20.5 Å². The molecule has 7 heteroatoms. The van der Waals surface area contributed by atoms with Crippen molar-refractivity contribution in [3.05, 3.63) is 37.2 Å². The number of hydrogen-bond acceptors (Lipinski definition) is 6. The molecule has 0 unspecified atom stereocenters. The summed E-state index contributed by atoms with van der Waals surface area (Å²) >= 11 is 8.69. The number of nitrogens with one attached hydrogen (secondary N) is 1. The lowest BCUT2D eigenvalue weighted by Crippen LogP contribution is -2.04. The largest absolute Gasteiger partial charge is 0.465 e. The number of carbonyl (C=O) groups is 1. The summed E-state index contributed by atoms with van der Waals surface area (Å²) < 4.78 is 5.47. The summed E-state index contributed by atoms with van der Waals surface area (Å²) in [6.45, 7) is 3.80. The van der Waals surface area contributed by atoms with Gasteiger partial charge in [-0.1, -0.05) is 11.6 Å². The molecule has 0 saturated heterocycles. The van der Waals surface area contributed by atoms with Crippen molar-refractivity contribution in [2.45, 2.75) is 13.8 Å². The highest BCUT2D eigenvalue weighted by Crippen LogP contribution is 2.28. The highest BCUT2D eigenvalue weighted by molar-refractivity contribution is 7.18. The SMILES string of the molecule is COC(=O)c1scc(C)c1N/N=C(\C)c1ccc(Cl)s1. The Morgan fingerprint density at radius 2 is 2.20 bits per heavy atom. The van der Waals surface area contributed by atoms with E-state index in [4.69, 9.17) is 16.3 Å². The van der Waals surface area contributed by atoms with E-state index in [0.29, 0.717) is 10.6 Å². The third-order valence-corrected chi connectivity index (χ3v) is 5.03. The van der Waals surface area contributed by atoms with Crippen LogP contribution in [0.1, 0.15) is 27.0 Å². The average molecular weight is 329 g/mol. The summed E-state index contributed by atoms with van der Waals surface area (Å²) in [5, 5.41) is 6.20. The van der Waals surface area contributed by atoms with Gasteiger partial charge in [-0.25, -0.2) is 4.79 Å². The second-order valence-corrected chi connectivity index (χ2v) is 6.62. The van der Waals surface area contributed by atoms with E-state index in [1.165, 1.54) is 29.8 Å². The third-order valence-electron chi connectivity index (χ3n) is 2.61. The van der Waals surface area contributed by atoms with Gasteiger partial charge >= 0.3 is 5.97 Å². The minimum absolute atomic E-state index is 0.363. The van der Waals surface area contributed by atoms with Crippen molar-refractivity contribution in [3.8, 4) is 0 Å². The van der Waals surface area contributed by atoms with Crippen LogP contribution in [0.25, 0.3) is 0 Å². The summed E-state index contributed by atoms with van der Waals surface area (Å²) in [4.78, 5) is 13.2. The molecule has 0 saturated carbocycles. The summed E-state index contributed by atoms with van der Waals surface area (Å²) in [5.74, 6) is -0.363. The van der Waals surface area contributed by atoms with E-state index < -0.39 is 0 Å². The number of esters is 1. The number of aryl methyl sites for hydroxylation is 1. The highest BCUT2D eigenvalue weighted by atomic mass is 35.5. The zero-order valence-corrected chi connectivity index (χ0v) is 13.6. The Kier molecular flexibility index (Phi) is 4.80. The van der Waals surface area contributed by atoms with Gasteiger partial charge in [0.1, 0.15) is 4.88 Å². The van der Waals surface area contributed by atoms with Gasteiger partial charge in [-0.05, 0) is 36.9 Å². The predicted molar refractivity (Wildman–Crippen MR) is 85.6 cm³/mol. The monoisotopic (exact) mass is 328 g/mol. The van der Waals surface area contributed by atoms with Crippen molar-refractivity contribution < 1.29 is 9.53 Å². The molecule has 0 spiro atoms. The molecule has 0 radical (unpaired) electrons. The quantitative estimate of drug-likeness (QED) is 0.514. The maximum absolute atomic E-state index is 11.6. The molecule has 4 nitrogen and oxygen atoms in total. The molecule has 106 valence electrons. The first kappa shape index (κ1) is 15.0. The fourth-order valence-electron chi connectivity index (χ4n) is 1.53. The Bertz CT molecular complexity index is 661. The van der Waals surface area contributed by atoms with Crippen LogP contribution < -0.4 is 5.43 Å². The number of nitrogens with zero attached hydrogens (tertiary/aromatic N) is 1. The zero-order valence-electron chi connectivity index (χ0n) is 11.2. The molecule has 0 aromatic carbocycles. The molecule has 0 aliphatic carbocycles. The standard InChI is InChI=1S/C13H13ClN2O2S2/c1-7-6-19-12(13(17)18-3)11(7)16-15-8(2)9-4-5-10(14)20-9/h4-6,16H,1-3H3/b15-8+. The van der Waals surface area contributed by atoms with Crippen LogP contribution in [-0.4, -0.2) is 18.8 Å². The Morgan fingerprint density at radius 3 is 2.80 bits per heavy atom. The fraction of sp³-hybridized carbons (Fsp3) is 0.231. The number of thiophene rings is 2. The van der Waals surface area contributed by atoms with E-state index in [9.17, 15) is 4.79 Å². The normalized spacial score (nSPS) is 11.5. The third kappa shape index (κ3) is 3.20. The first-order valence-corrected chi connectivity index (χ1v) is 7.82. The summed E-state index contributed by atoms with van der Waals surface area (Å²) in [5.41, 5.74) is 5.39. The summed E-state index contributed by atoms with van der Waals surface area (Å²) in [6, 6.07) is 3.74. The molecule has 2 aromatic rings. The highest BCUT2D eigenvalue weighted by Gasteiger charge is 2.16. The van der Waals surface area contributed by atoms with Gasteiger partial charge < -0.3 is 4.74 Å². The Balaban J connectivity index is 2.22. The molecule has 0 amide bonds.